The van der Waals surface area contributed by atoms with Gasteiger partial charge in [0.05, 0.1) is 194 Å². The highest BCUT2D eigenvalue weighted by Crippen LogP contribution is 2.30. The minimum atomic E-state index is -1.84. The first kappa shape index (κ1) is 126. The molecular formula is C93H160N16O31. The molecule has 0 aromatic heterocycles. The summed E-state index contributed by atoms with van der Waals surface area (Å²) in [6, 6.07) is 0.527. The van der Waals surface area contributed by atoms with Gasteiger partial charge in [-0.2, -0.15) is 0 Å². The van der Waals surface area contributed by atoms with Crippen molar-refractivity contribution in [2.45, 2.75) is 201 Å². The van der Waals surface area contributed by atoms with Gasteiger partial charge in [0.1, 0.15) is 36.8 Å². The van der Waals surface area contributed by atoms with E-state index in [-0.39, 0.29) is 145 Å². The maximum atomic E-state index is 14.6. The average Bonchev–Trinajstić information content (AvgIpc) is 1.57. The first-order chi connectivity index (χ1) is 66.6. The van der Waals surface area contributed by atoms with Crippen LogP contribution in [0.5, 0.6) is 0 Å². The minimum absolute atomic E-state index is 0.00561. The Morgan fingerprint density at radius 1 is 0.471 bits per heavy atom. The number of nitrogens with zero attached hydrogens (tertiary/aromatic N) is 3. The van der Waals surface area contributed by atoms with Crippen LogP contribution < -0.4 is 69.1 Å². The van der Waals surface area contributed by atoms with Crippen molar-refractivity contribution in [3.8, 4) is 0 Å². The summed E-state index contributed by atoms with van der Waals surface area (Å²) >= 11 is 0. The lowest BCUT2D eigenvalue weighted by Gasteiger charge is -2.41. The van der Waals surface area contributed by atoms with E-state index in [0.29, 0.717) is 98.5 Å². The lowest BCUT2D eigenvalue weighted by molar-refractivity contribution is -0.148. The van der Waals surface area contributed by atoms with Crippen LogP contribution in [0.2, 0.25) is 0 Å². The number of carboxylic acids is 1. The van der Waals surface area contributed by atoms with E-state index in [1.54, 1.807) is 61.2 Å². The van der Waals surface area contributed by atoms with Crippen LogP contribution in [0.1, 0.15) is 140 Å². The zero-order valence-electron chi connectivity index (χ0n) is 84.9. The van der Waals surface area contributed by atoms with E-state index in [1.165, 1.54) is 21.1 Å². The molecule has 0 radical (unpaired) electrons. The van der Waals surface area contributed by atoms with Crippen molar-refractivity contribution in [3.63, 3.8) is 0 Å². The van der Waals surface area contributed by atoms with E-state index in [1.807, 2.05) is 81.3 Å². The molecule has 1 aliphatic heterocycles. The summed E-state index contributed by atoms with van der Waals surface area (Å²) in [5, 5.41) is 41.9. The fraction of sp³-hybridized carbons (Fsp3) is 0.753. The molecule has 2 rings (SSSR count). The third kappa shape index (κ3) is 55.1. The number of likely N-dealkylation sites (N-methyl/N-ethyl adjacent to an activating group) is 2. The molecule has 1 saturated heterocycles. The molecule has 1 heterocycles. The second kappa shape index (κ2) is 72.7. The standard InChI is InChI=1S/C93H160N16O31/c1-18-63(6)83(108(14)89(123)81(61(2)3)106-88(122)82(62(4)5)107(12)13)71(129-16)54-80(118)109-34-22-26-70(109)84(130-17)64(7)85(119)105-67(52-66-24-20-19-21-25-66)86(120)95-30-23-35-139-91(126)65(8)102-75(113)53-68(90(124)125)103-74(112)28-32-97-92(127)140-59-69(87(121)96-33-37-131-40-41-133-44-45-135-48-49-137-51-50-136-47-46-134-43-42-132-39-38-128-15)104-79(117)58-101-78(116)57-100-77(115)56-99-76(114)55-98-72(110)27-31-94-73(111)29-36-138-60-93(9,10)11/h19-21,24-25,61-65,67-71,81-84H,18,22-23,26-60H2,1-17H3,(H,94,111)(H,95,120)(H,96,121)(H,97,127)(H,98,110)(H,99,114)(H,100,115)(H,101,116)(H,102,113)(H,103,112)(H,104,117)(H,105,119)(H,106,122)(H,124,125)/t63-,64+,65?,67-,68?,69?,70-,71+,81-,82-,83-,84+/m0/s1. The number of alkyl carbamates (subject to hydrolysis) is 1. The number of nitrogens with one attached hydrogen (secondary N) is 13. The molecule has 15 amide bonds. The molecule has 0 spiro atoms. The first-order valence-corrected chi connectivity index (χ1v) is 47.7. The number of hydrogen-bond donors (Lipinski definition) is 14. The number of benzene rings is 1. The molecule has 1 fully saturated rings. The molecule has 1 aromatic carbocycles. The predicted octanol–water partition coefficient (Wildman–Crippen LogP) is -2.22. The average molecular weight is 2000 g/mol. The Labute approximate surface area is 822 Å². The number of esters is 1. The molecule has 3 unspecified atom stereocenters. The number of carboxylic acid groups (broad SMARTS) is 1. The monoisotopic (exact) mass is 2000 g/mol. The van der Waals surface area contributed by atoms with E-state index in [4.69, 9.17) is 61.6 Å². The molecule has 0 bridgehead atoms. The zero-order chi connectivity index (χ0) is 104. The van der Waals surface area contributed by atoms with Crippen LogP contribution in [0.3, 0.4) is 0 Å². The highest BCUT2D eigenvalue weighted by atomic mass is 16.6. The Kier molecular flexibility index (Phi) is 65.2. The minimum Gasteiger partial charge on any atom is -0.480 e. The molecule has 798 valence electrons. The predicted molar refractivity (Wildman–Crippen MR) is 509 cm³/mol. The highest BCUT2D eigenvalue weighted by molar-refractivity contribution is 5.95. The molecule has 0 aliphatic carbocycles. The van der Waals surface area contributed by atoms with Crippen molar-refractivity contribution >= 4 is 101 Å². The maximum absolute atomic E-state index is 14.6. The van der Waals surface area contributed by atoms with Crippen molar-refractivity contribution in [3.05, 3.63) is 35.9 Å². The number of hydrogen-bond acceptors (Lipinski definition) is 31. The molecular weight excluding hydrogens is 1840 g/mol. The number of carbonyl (C=O) groups excluding carboxylic acids is 16. The number of likely N-dealkylation sites (tertiary alicyclic amines) is 1. The summed E-state index contributed by atoms with van der Waals surface area (Å²) in [7, 11) is 9.84. The highest BCUT2D eigenvalue weighted by Gasteiger charge is 2.44. The van der Waals surface area contributed by atoms with Gasteiger partial charge in [0, 0.05) is 86.8 Å². The second-order valence-electron chi connectivity index (χ2n) is 35.5. The number of methoxy groups -OCH3 is 3. The molecule has 14 N–H and O–H groups in total. The summed E-state index contributed by atoms with van der Waals surface area (Å²) in [5.41, 5.74) is 0.654. The lowest BCUT2D eigenvalue weighted by Crippen LogP contribution is -2.59. The fourth-order valence-electron chi connectivity index (χ4n) is 14.3. The van der Waals surface area contributed by atoms with Gasteiger partial charge in [0.15, 0.2) is 0 Å². The topological polar surface area (TPSA) is 597 Å². The SMILES string of the molecule is CC[C@H](C)[C@@H]([C@@H](CC(=O)N1CCC[C@H]1[C@H](OC)[C@@H](C)C(=O)N[C@@H](Cc1ccccc1)C(=O)NCCCOC(=O)C(C)NC(=O)CC(NC(=O)CCNC(=O)OCC(NC(=O)CNC(=O)CNC(=O)CNC(=O)CNC(=O)CCNC(=O)CCOCC(C)(C)C)C(=O)NCCOCCOCCOCCOCCOCCOCCOCCOC)C(=O)O)OC)N(C)C(=O)[C@@H](NC(=O)[C@H](C(C)C)N(C)C)C(C)C. The third-order valence-corrected chi connectivity index (χ3v) is 21.8. The fourth-order valence-corrected chi connectivity index (χ4v) is 14.3. The van der Waals surface area contributed by atoms with Crippen LogP contribution in [-0.2, 0) is 145 Å². The molecule has 140 heavy (non-hydrogen) atoms. The number of rotatable bonds is 77. The van der Waals surface area contributed by atoms with Crippen LogP contribution >= 0.6 is 0 Å². The molecule has 0 saturated carbocycles. The van der Waals surface area contributed by atoms with E-state index in [2.05, 4.69) is 69.1 Å². The number of aliphatic carboxylic acids is 1. The van der Waals surface area contributed by atoms with Gasteiger partial charge >= 0.3 is 18.0 Å². The Hall–Kier alpha value is -10.5. The van der Waals surface area contributed by atoms with Crippen LogP contribution in [0.15, 0.2) is 30.3 Å². The molecule has 47 heteroatoms. The van der Waals surface area contributed by atoms with Crippen molar-refractivity contribution in [2.75, 3.05) is 227 Å². The van der Waals surface area contributed by atoms with Gasteiger partial charge in [-0.25, -0.2) is 14.4 Å². The largest absolute Gasteiger partial charge is 0.480 e. The van der Waals surface area contributed by atoms with Gasteiger partial charge in [0.25, 0.3) is 0 Å². The summed E-state index contributed by atoms with van der Waals surface area (Å²) < 4.78 is 71.3. The summed E-state index contributed by atoms with van der Waals surface area (Å²) in [6.07, 6.45) is -2.54. The maximum Gasteiger partial charge on any atom is 0.407 e. The van der Waals surface area contributed by atoms with Gasteiger partial charge < -0.3 is 146 Å². The first-order valence-electron chi connectivity index (χ1n) is 47.7. The molecule has 1 aliphatic rings. The Morgan fingerprint density at radius 2 is 0.979 bits per heavy atom. The number of amides is 15. The van der Waals surface area contributed by atoms with Crippen molar-refractivity contribution in [2.24, 2.45) is 29.1 Å². The smallest absolute Gasteiger partial charge is 0.407 e. The van der Waals surface area contributed by atoms with E-state index >= 15 is 0 Å². The van der Waals surface area contributed by atoms with Gasteiger partial charge in [-0.15, -0.1) is 0 Å². The quantitative estimate of drug-likeness (QED) is 0.0243. The van der Waals surface area contributed by atoms with Gasteiger partial charge in [-0.3, -0.25) is 72.0 Å². The second-order valence-corrected chi connectivity index (χ2v) is 35.5. The molecule has 12 atom stereocenters. The summed E-state index contributed by atoms with van der Waals surface area (Å²) in [5.74, 6) is -13.1. The Morgan fingerprint density at radius 3 is 1.49 bits per heavy atom. The normalized spacial score (nSPS) is 14.9. The third-order valence-electron chi connectivity index (χ3n) is 21.8. The van der Waals surface area contributed by atoms with E-state index < -0.39 is 196 Å². The van der Waals surface area contributed by atoms with Gasteiger partial charge in [-0.1, -0.05) is 106 Å². The number of ether oxygens (including phenoxy) is 13. The van der Waals surface area contributed by atoms with Crippen LogP contribution in [0.25, 0.3) is 0 Å². The Bertz CT molecular complexity index is 3880. The molecule has 47 nitrogen and oxygen atoms in total. The van der Waals surface area contributed by atoms with Crippen LogP contribution in [0.4, 0.5) is 4.79 Å². The number of carbonyl (C=O) groups is 17. The van der Waals surface area contributed by atoms with E-state index in [0.717, 1.165) is 5.56 Å². The van der Waals surface area contributed by atoms with Crippen molar-refractivity contribution in [1.29, 1.82) is 0 Å². The Balaban J connectivity index is 1.98. The van der Waals surface area contributed by atoms with Crippen LogP contribution in [-0.4, -0.2) is 408 Å². The van der Waals surface area contributed by atoms with Crippen LogP contribution in [0, 0.1) is 29.1 Å². The summed E-state index contributed by atoms with van der Waals surface area (Å²) in [6.45, 7) is 22.1. The van der Waals surface area contributed by atoms with Gasteiger partial charge in [-0.05, 0) is 69.0 Å². The van der Waals surface area contributed by atoms with Gasteiger partial charge in [0.2, 0.25) is 82.7 Å². The van der Waals surface area contributed by atoms with Crippen molar-refractivity contribution < 1.29 is 148 Å². The van der Waals surface area contributed by atoms with Crippen molar-refractivity contribution in [1.82, 2.24) is 83.8 Å². The molecule has 1 aromatic rings. The lowest BCUT2D eigenvalue weighted by atomic mass is 9.89. The van der Waals surface area contributed by atoms with E-state index in [9.17, 15) is 86.6 Å². The summed E-state index contributed by atoms with van der Waals surface area (Å²) in [4.78, 5) is 229. The zero-order valence-corrected chi connectivity index (χ0v) is 84.9.